The summed E-state index contributed by atoms with van der Waals surface area (Å²) in [5.74, 6) is -0.494. The Kier molecular flexibility index (Phi) is 13.4. The number of thiophene rings is 2. The van der Waals surface area contributed by atoms with E-state index in [0.29, 0.717) is 48.5 Å². The van der Waals surface area contributed by atoms with Crippen molar-refractivity contribution in [2.45, 2.75) is 13.8 Å². The van der Waals surface area contributed by atoms with Crippen LogP contribution in [-0.2, 0) is 4.57 Å². The molecule has 0 saturated carbocycles. The van der Waals surface area contributed by atoms with Gasteiger partial charge >= 0.3 is 5.69 Å². The number of rotatable bonds is 7. The van der Waals surface area contributed by atoms with Crippen molar-refractivity contribution in [3.8, 4) is 45.5 Å². The van der Waals surface area contributed by atoms with Crippen LogP contribution >= 0.6 is 74.2 Å². The lowest BCUT2D eigenvalue weighted by Gasteiger charge is -2.10. The summed E-state index contributed by atoms with van der Waals surface area (Å²) in [5, 5.41) is 2.69. The van der Waals surface area contributed by atoms with Crippen LogP contribution in [0.5, 0.6) is 23.0 Å². The molecule has 9 aromatic rings. The Morgan fingerprint density at radius 1 is 0.613 bits per heavy atom. The highest BCUT2D eigenvalue weighted by Crippen LogP contribution is 2.55. The minimum atomic E-state index is -3.07. The van der Waals surface area contributed by atoms with Crippen molar-refractivity contribution in [2.24, 2.45) is 0 Å². The van der Waals surface area contributed by atoms with Crippen LogP contribution in [0.25, 0.3) is 63.4 Å². The van der Waals surface area contributed by atoms with Crippen LogP contribution in [0.3, 0.4) is 0 Å². The van der Waals surface area contributed by atoms with Gasteiger partial charge in [0.2, 0.25) is 5.28 Å². The molecule has 62 heavy (non-hydrogen) atoms. The van der Waals surface area contributed by atoms with Crippen LogP contribution in [-0.4, -0.2) is 58.3 Å². The van der Waals surface area contributed by atoms with Gasteiger partial charge in [0, 0.05) is 27.2 Å². The Balaban J connectivity index is 0.000000153. The van der Waals surface area contributed by atoms with Crippen LogP contribution in [0, 0.1) is 13.8 Å². The summed E-state index contributed by atoms with van der Waals surface area (Å²) in [6, 6.07) is 23.8. The van der Waals surface area contributed by atoms with E-state index in [1.165, 1.54) is 22.7 Å². The van der Waals surface area contributed by atoms with Crippen molar-refractivity contribution in [1.82, 2.24) is 29.9 Å². The fraction of sp³-hybridized carbons (Fsp3) is 0.143. The summed E-state index contributed by atoms with van der Waals surface area (Å²) in [4.78, 5) is 48.0. The van der Waals surface area contributed by atoms with Gasteiger partial charge in [0.05, 0.1) is 55.6 Å². The first-order valence-electron chi connectivity index (χ1n) is 18.1. The van der Waals surface area contributed by atoms with Crippen molar-refractivity contribution in [3.05, 3.63) is 121 Å². The number of benzene rings is 3. The van der Waals surface area contributed by atoms with Crippen molar-refractivity contribution >= 4 is 120 Å². The first-order chi connectivity index (χ1) is 29.6. The van der Waals surface area contributed by atoms with Gasteiger partial charge in [-0.25, -0.2) is 24.7 Å². The third-order valence-electron chi connectivity index (χ3n) is 9.36. The number of pyridine rings is 2. The number of halogens is 4. The van der Waals surface area contributed by atoms with Gasteiger partial charge in [-0.15, -0.1) is 22.7 Å². The van der Waals surface area contributed by atoms with Gasteiger partial charge in [-0.3, -0.25) is 14.3 Å². The van der Waals surface area contributed by atoms with Gasteiger partial charge in [0.1, 0.15) is 14.4 Å². The number of methoxy groups -OCH3 is 4. The van der Waals surface area contributed by atoms with Crippen molar-refractivity contribution < 1.29 is 23.5 Å². The molecule has 0 aliphatic heterocycles. The third-order valence-corrected chi connectivity index (χ3v) is 14.1. The molecule has 9 rings (SSSR count). The number of aromatic amines is 2. The van der Waals surface area contributed by atoms with E-state index in [4.69, 9.17) is 74.6 Å². The lowest BCUT2D eigenvalue weighted by molar-refractivity contribution is 0.355. The fourth-order valence-electron chi connectivity index (χ4n) is 6.51. The number of nitrogens with one attached hydrogen (secondary N) is 2. The van der Waals surface area contributed by atoms with Gasteiger partial charge in [-0.1, -0.05) is 29.8 Å². The molecule has 0 radical (unpaired) electrons. The molecular formula is C42H33Cl4N6O7PS2. The number of hydrogen-bond donors (Lipinski definition) is 2. The van der Waals surface area contributed by atoms with Crippen molar-refractivity contribution in [2.75, 3.05) is 28.4 Å². The Labute approximate surface area is 380 Å². The smallest absolute Gasteiger partial charge is 0.326 e. The largest absolute Gasteiger partial charge is 0.493 e. The number of fused-ring (bicyclic) bond motifs is 6. The summed E-state index contributed by atoms with van der Waals surface area (Å²) in [7, 11) is 6.39. The third kappa shape index (κ3) is 9.25. The molecule has 2 N–H and O–H groups in total. The Hall–Kier alpha value is -5.25. The number of aromatic nitrogens is 6. The molecule has 0 spiro atoms. The first-order valence-corrected chi connectivity index (χ1v) is 24.0. The first kappa shape index (κ1) is 44.8. The fourth-order valence-corrected chi connectivity index (χ4v) is 10.4. The van der Waals surface area contributed by atoms with Crippen LogP contribution in [0.15, 0.2) is 88.5 Å². The van der Waals surface area contributed by atoms with Crippen LogP contribution in [0.1, 0.15) is 11.1 Å². The monoisotopic (exact) mass is 968 g/mol. The standard InChI is InChI=1S/C18H13Cl2N3O2S.C18H15N3O4S.C6H5Cl2OP/c1-8-6-10(9-4-5-11(24-2)12(7-9)25-3)21-17-13(8)14-15(26-17)16(19)23-18(20)22-14;1-8-6-10(9-4-5-11(24-2)12(7-9)25-3)19-17-13(8)14-15(26-17)16(22)21-18(23)20-14;7-10(8,9)6-4-2-1-3-5-6/h4-7H,1-3H3;4-7H,1-3H3,(H2,20,21,22,23);1-5H. The Morgan fingerprint density at radius 2 is 1.13 bits per heavy atom. The van der Waals surface area contributed by atoms with Crippen LogP contribution in [0.2, 0.25) is 10.4 Å². The van der Waals surface area contributed by atoms with E-state index in [2.05, 4.69) is 19.9 Å². The molecule has 13 nitrogen and oxygen atoms in total. The maximum atomic E-state index is 12.1. The molecule has 318 valence electrons. The number of ether oxygens (including phenoxy) is 4. The molecule has 0 aliphatic rings. The van der Waals surface area contributed by atoms with E-state index in [0.717, 1.165) is 59.5 Å². The maximum Gasteiger partial charge on any atom is 0.326 e. The number of nitrogens with zero attached hydrogens (tertiary/aromatic N) is 4. The van der Waals surface area contributed by atoms with E-state index >= 15 is 0 Å². The number of H-pyrrole nitrogens is 2. The van der Waals surface area contributed by atoms with Crippen LogP contribution in [0.4, 0.5) is 0 Å². The van der Waals surface area contributed by atoms with Crippen molar-refractivity contribution in [3.63, 3.8) is 0 Å². The topological polar surface area (TPSA) is 171 Å². The van der Waals surface area contributed by atoms with Gasteiger partial charge in [-0.05, 0) is 120 Å². The molecule has 3 aromatic carbocycles. The summed E-state index contributed by atoms with van der Waals surface area (Å²) < 4.78 is 33.5. The molecule has 0 bridgehead atoms. The molecular weight excluding hydrogens is 937 g/mol. The highest BCUT2D eigenvalue weighted by atomic mass is 35.9. The second-order valence-corrected chi connectivity index (χ2v) is 20.7. The predicted molar refractivity (Wildman–Crippen MR) is 253 cm³/mol. The zero-order valence-electron chi connectivity index (χ0n) is 33.4. The second-order valence-electron chi connectivity index (χ2n) is 13.2. The summed E-state index contributed by atoms with van der Waals surface area (Å²) in [6.07, 6.45) is 0. The minimum Gasteiger partial charge on any atom is -0.493 e. The zero-order chi connectivity index (χ0) is 44.5. The summed E-state index contributed by atoms with van der Waals surface area (Å²) in [5.41, 5.74) is 5.68. The molecule has 20 heteroatoms. The van der Waals surface area contributed by atoms with E-state index in [1.54, 1.807) is 52.7 Å². The molecule has 0 saturated heterocycles. The quantitative estimate of drug-likeness (QED) is 0.0885. The predicted octanol–water partition coefficient (Wildman–Crippen LogP) is 11.3. The zero-order valence-corrected chi connectivity index (χ0v) is 39.0. The SMILES string of the molecule is COc1ccc(-c2cc(C)c3c(n2)sc2c(=O)[nH]c(=O)[nH]c23)cc1OC.COc1ccc(-c2cc(C)c3c(n2)sc2c(Cl)nc(Cl)nc23)cc1OC.O=P(Cl)(Cl)c1ccccc1. The molecule has 0 atom stereocenters. The Morgan fingerprint density at radius 3 is 1.65 bits per heavy atom. The van der Waals surface area contributed by atoms with E-state index in [9.17, 15) is 14.2 Å². The minimum absolute atomic E-state index is 0.130. The number of hydrogen-bond acceptors (Lipinski definition) is 13. The van der Waals surface area contributed by atoms with Crippen molar-refractivity contribution in [1.29, 1.82) is 0 Å². The summed E-state index contributed by atoms with van der Waals surface area (Å²) in [6.45, 7) is 3.95. The average molecular weight is 971 g/mol. The second kappa shape index (κ2) is 18.6. The molecule has 6 heterocycles. The number of aryl methyl sites for hydroxylation is 2. The molecule has 6 aromatic heterocycles. The van der Waals surface area contributed by atoms with Gasteiger partial charge in [-0.2, -0.15) is 0 Å². The van der Waals surface area contributed by atoms with Gasteiger partial charge in [0.15, 0.2) is 28.2 Å². The highest BCUT2D eigenvalue weighted by molar-refractivity contribution is 8.13. The van der Waals surface area contributed by atoms with E-state index < -0.39 is 17.1 Å². The lowest BCUT2D eigenvalue weighted by Crippen LogP contribution is -2.20. The highest BCUT2D eigenvalue weighted by Gasteiger charge is 2.19. The van der Waals surface area contributed by atoms with Crippen LogP contribution < -0.4 is 35.5 Å². The maximum absolute atomic E-state index is 12.1. The van der Waals surface area contributed by atoms with E-state index in [1.807, 2.05) is 68.4 Å². The molecule has 0 unspecified atom stereocenters. The van der Waals surface area contributed by atoms with Gasteiger partial charge in [0.25, 0.3) is 11.4 Å². The molecule has 0 aliphatic carbocycles. The average Bonchev–Trinajstić information content (AvgIpc) is 3.83. The van der Waals surface area contributed by atoms with Gasteiger partial charge < -0.3 is 23.9 Å². The molecule has 0 amide bonds. The Bertz CT molecular complexity index is 3320. The summed E-state index contributed by atoms with van der Waals surface area (Å²) >= 11 is 25.7. The van der Waals surface area contributed by atoms with E-state index in [-0.39, 0.29) is 5.28 Å². The normalized spacial score (nSPS) is 11.3. The molecule has 0 fully saturated rings. The lowest BCUT2D eigenvalue weighted by atomic mass is 10.1.